The maximum atomic E-state index is 13.2. The number of rotatable bonds is 9. The van der Waals surface area contributed by atoms with Crippen molar-refractivity contribution in [3.63, 3.8) is 0 Å². The van der Waals surface area contributed by atoms with E-state index in [1.807, 2.05) is 99.6 Å². The number of para-hydroxylation sites is 1. The standard InChI is InChI=1S/C31H38N2O5S/c1-5-39(35,36)32-27-19-20-33(30(34)38-31(2,3)4)28(27)21-25-17-12-18-26(24-15-10-7-11-16-24)29(25)37-22-23-13-8-6-9-14-23/h6-18,27-28,32H,5,19-22H2,1-4H3. The topological polar surface area (TPSA) is 84.9 Å². The summed E-state index contributed by atoms with van der Waals surface area (Å²) in [7, 11) is -3.48. The van der Waals surface area contributed by atoms with Gasteiger partial charge in [0, 0.05) is 18.2 Å². The van der Waals surface area contributed by atoms with Crippen molar-refractivity contribution in [3.05, 3.63) is 90.0 Å². The van der Waals surface area contributed by atoms with Crippen LogP contribution in [0.4, 0.5) is 4.79 Å². The molecule has 208 valence electrons. The van der Waals surface area contributed by atoms with Crippen LogP contribution in [0.5, 0.6) is 5.75 Å². The fraction of sp³-hybridized carbons (Fsp3) is 0.387. The third-order valence-electron chi connectivity index (χ3n) is 6.72. The molecule has 0 saturated carbocycles. The van der Waals surface area contributed by atoms with E-state index in [0.717, 1.165) is 28.0 Å². The molecular weight excluding hydrogens is 512 g/mol. The first-order valence-electron chi connectivity index (χ1n) is 13.4. The quantitative estimate of drug-likeness (QED) is 0.364. The first-order valence-corrected chi connectivity index (χ1v) is 15.0. The summed E-state index contributed by atoms with van der Waals surface area (Å²) in [6.07, 6.45) is 0.458. The van der Waals surface area contributed by atoms with Gasteiger partial charge < -0.3 is 14.4 Å². The van der Waals surface area contributed by atoms with Crippen LogP contribution in [0.15, 0.2) is 78.9 Å². The van der Waals surface area contributed by atoms with Crippen molar-refractivity contribution in [2.45, 2.75) is 64.8 Å². The van der Waals surface area contributed by atoms with Crippen LogP contribution in [0, 0.1) is 0 Å². The Morgan fingerprint density at radius 1 is 0.974 bits per heavy atom. The molecule has 1 aliphatic heterocycles. The minimum Gasteiger partial charge on any atom is -0.488 e. The summed E-state index contributed by atoms with van der Waals surface area (Å²) in [6, 6.07) is 25.1. The van der Waals surface area contributed by atoms with Gasteiger partial charge in [-0.25, -0.2) is 17.9 Å². The van der Waals surface area contributed by atoms with Crippen molar-refractivity contribution in [3.8, 4) is 16.9 Å². The molecular formula is C31H38N2O5S. The second-order valence-corrected chi connectivity index (χ2v) is 12.8. The molecule has 7 nitrogen and oxygen atoms in total. The smallest absolute Gasteiger partial charge is 0.410 e. The fourth-order valence-corrected chi connectivity index (χ4v) is 5.72. The maximum Gasteiger partial charge on any atom is 0.410 e. The summed E-state index contributed by atoms with van der Waals surface area (Å²) >= 11 is 0. The van der Waals surface area contributed by atoms with Crippen LogP contribution >= 0.6 is 0 Å². The molecule has 1 aliphatic rings. The molecule has 1 saturated heterocycles. The lowest BCUT2D eigenvalue weighted by Gasteiger charge is -2.31. The number of hydrogen-bond donors (Lipinski definition) is 1. The van der Waals surface area contributed by atoms with E-state index in [1.54, 1.807) is 11.8 Å². The van der Waals surface area contributed by atoms with Gasteiger partial charge >= 0.3 is 6.09 Å². The van der Waals surface area contributed by atoms with Gasteiger partial charge in [0.25, 0.3) is 0 Å². The molecule has 2 atom stereocenters. The molecule has 3 aromatic carbocycles. The molecule has 3 aromatic rings. The van der Waals surface area contributed by atoms with Crippen LogP contribution in [0.2, 0.25) is 0 Å². The van der Waals surface area contributed by atoms with Gasteiger partial charge in [0.2, 0.25) is 10.0 Å². The lowest BCUT2D eigenvalue weighted by Crippen LogP contribution is -2.49. The van der Waals surface area contributed by atoms with Crippen LogP contribution in [0.25, 0.3) is 11.1 Å². The molecule has 0 bridgehead atoms. The summed E-state index contributed by atoms with van der Waals surface area (Å²) in [5, 5.41) is 0. The van der Waals surface area contributed by atoms with Crippen LogP contribution < -0.4 is 9.46 Å². The Balaban J connectivity index is 1.72. The number of nitrogens with zero attached hydrogens (tertiary/aromatic N) is 1. The average Bonchev–Trinajstić information content (AvgIpc) is 3.29. The number of likely N-dealkylation sites (tertiary alicyclic amines) is 1. The van der Waals surface area contributed by atoms with Crippen LogP contribution in [-0.2, 0) is 27.8 Å². The molecule has 39 heavy (non-hydrogen) atoms. The number of carbonyl (C=O) groups excluding carboxylic acids is 1. The predicted octanol–water partition coefficient (Wildman–Crippen LogP) is 5.79. The van der Waals surface area contributed by atoms with Crippen molar-refractivity contribution >= 4 is 16.1 Å². The number of nitrogens with one attached hydrogen (secondary N) is 1. The van der Waals surface area contributed by atoms with Crippen molar-refractivity contribution < 1.29 is 22.7 Å². The number of ether oxygens (including phenoxy) is 2. The van der Waals surface area contributed by atoms with E-state index in [-0.39, 0.29) is 5.75 Å². The van der Waals surface area contributed by atoms with Crippen LogP contribution in [0.1, 0.15) is 45.2 Å². The predicted molar refractivity (Wildman–Crippen MR) is 154 cm³/mol. The van der Waals surface area contributed by atoms with Gasteiger partial charge in [0.15, 0.2) is 0 Å². The van der Waals surface area contributed by atoms with E-state index in [9.17, 15) is 13.2 Å². The third kappa shape index (κ3) is 7.61. The Labute approximate surface area is 232 Å². The largest absolute Gasteiger partial charge is 0.488 e. The summed E-state index contributed by atoms with van der Waals surface area (Å²) in [5.74, 6) is 0.693. The van der Waals surface area contributed by atoms with Gasteiger partial charge in [-0.3, -0.25) is 0 Å². The lowest BCUT2D eigenvalue weighted by molar-refractivity contribution is 0.0218. The highest BCUT2D eigenvalue weighted by Crippen LogP contribution is 2.36. The number of sulfonamides is 1. The first-order chi connectivity index (χ1) is 18.6. The second-order valence-electron chi connectivity index (χ2n) is 10.8. The molecule has 1 N–H and O–H groups in total. The normalized spacial score (nSPS) is 17.7. The highest BCUT2D eigenvalue weighted by Gasteiger charge is 2.41. The van der Waals surface area contributed by atoms with Gasteiger partial charge in [-0.15, -0.1) is 0 Å². The van der Waals surface area contributed by atoms with Gasteiger partial charge in [-0.05, 0) is 57.2 Å². The van der Waals surface area contributed by atoms with Gasteiger partial charge in [-0.2, -0.15) is 0 Å². The summed E-state index contributed by atoms with van der Waals surface area (Å²) in [5.41, 5.74) is 3.22. The molecule has 8 heteroatoms. The van der Waals surface area contributed by atoms with E-state index < -0.39 is 33.8 Å². The molecule has 0 spiro atoms. The van der Waals surface area contributed by atoms with E-state index in [2.05, 4.69) is 4.72 Å². The van der Waals surface area contributed by atoms with Crippen LogP contribution in [-0.4, -0.2) is 49.4 Å². The zero-order chi connectivity index (χ0) is 28.0. The fourth-order valence-electron chi connectivity index (χ4n) is 4.82. The zero-order valence-electron chi connectivity index (χ0n) is 23.1. The molecule has 0 aromatic heterocycles. The van der Waals surface area contributed by atoms with Crippen molar-refractivity contribution in [1.29, 1.82) is 0 Å². The van der Waals surface area contributed by atoms with Gasteiger partial charge in [-0.1, -0.05) is 78.9 Å². The summed E-state index contributed by atoms with van der Waals surface area (Å²) in [6.45, 7) is 7.86. The van der Waals surface area contributed by atoms with Gasteiger partial charge in [0.1, 0.15) is 18.0 Å². The number of hydrogen-bond acceptors (Lipinski definition) is 5. The second kappa shape index (κ2) is 12.2. The SMILES string of the molecule is CCS(=O)(=O)NC1CCN(C(=O)OC(C)(C)C)C1Cc1cccc(-c2ccccc2)c1OCc1ccccc1. The Morgan fingerprint density at radius 2 is 1.64 bits per heavy atom. The number of benzene rings is 3. The molecule has 1 amide bonds. The Bertz CT molecular complexity index is 1350. The molecule has 1 heterocycles. The van der Waals surface area contributed by atoms with E-state index in [1.165, 1.54) is 0 Å². The Hall–Kier alpha value is -3.36. The van der Waals surface area contributed by atoms with Crippen molar-refractivity contribution in [2.24, 2.45) is 0 Å². The minimum absolute atomic E-state index is 0.0302. The minimum atomic E-state index is -3.48. The molecule has 2 unspecified atom stereocenters. The zero-order valence-corrected chi connectivity index (χ0v) is 23.9. The Morgan fingerprint density at radius 3 is 2.28 bits per heavy atom. The third-order valence-corrected chi connectivity index (χ3v) is 8.14. The first kappa shape index (κ1) is 28.6. The van der Waals surface area contributed by atoms with Gasteiger partial charge in [0.05, 0.1) is 11.8 Å². The van der Waals surface area contributed by atoms with Crippen molar-refractivity contribution in [1.82, 2.24) is 9.62 Å². The summed E-state index contributed by atoms with van der Waals surface area (Å²) in [4.78, 5) is 14.9. The monoisotopic (exact) mass is 550 g/mol. The highest BCUT2D eigenvalue weighted by atomic mass is 32.2. The molecule has 0 aliphatic carbocycles. The van der Waals surface area contributed by atoms with Crippen molar-refractivity contribution in [2.75, 3.05) is 12.3 Å². The van der Waals surface area contributed by atoms with Crippen LogP contribution in [0.3, 0.4) is 0 Å². The average molecular weight is 551 g/mol. The highest BCUT2D eigenvalue weighted by molar-refractivity contribution is 7.89. The molecule has 4 rings (SSSR count). The van der Waals surface area contributed by atoms with E-state index in [0.29, 0.717) is 26.0 Å². The number of amides is 1. The lowest BCUT2D eigenvalue weighted by atomic mass is 9.95. The molecule has 0 radical (unpaired) electrons. The van der Waals surface area contributed by atoms with E-state index >= 15 is 0 Å². The molecule has 1 fully saturated rings. The number of carbonyl (C=O) groups is 1. The maximum absolute atomic E-state index is 13.2. The van der Waals surface area contributed by atoms with E-state index in [4.69, 9.17) is 9.47 Å². The Kier molecular flexibility index (Phi) is 8.97. The summed E-state index contributed by atoms with van der Waals surface area (Å²) < 4.78 is 40.1.